The Kier molecular flexibility index (Phi) is 5.35. The van der Waals surface area contributed by atoms with Gasteiger partial charge < -0.3 is 14.4 Å². The summed E-state index contributed by atoms with van der Waals surface area (Å²) in [5.74, 6) is 2.56. The second kappa shape index (κ2) is 7.70. The fourth-order valence-corrected chi connectivity index (χ4v) is 2.97. The summed E-state index contributed by atoms with van der Waals surface area (Å²) in [5.41, 5.74) is 3.98. The van der Waals surface area contributed by atoms with Crippen LogP contribution in [-0.4, -0.2) is 19.9 Å². The van der Waals surface area contributed by atoms with Crippen LogP contribution < -0.4 is 0 Å². The van der Waals surface area contributed by atoms with E-state index in [1.54, 1.807) is 12.4 Å². The molecule has 2 aromatic carbocycles. The van der Waals surface area contributed by atoms with Gasteiger partial charge in [-0.1, -0.05) is 24.3 Å². The molecule has 0 bridgehead atoms. The largest absolute Gasteiger partial charge is 0.456 e. The number of furan rings is 1. The normalized spacial score (nSPS) is 10.4. The minimum Gasteiger partial charge on any atom is -0.456 e. The third-order valence-corrected chi connectivity index (χ3v) is 4.23. The molecule has 0 aliphatic rings. The Morgan fingerprint density at radius 3 is 1.89 bits per heavy atom. The monoisotopic (exact) mass is 398 g/mol. The van der Waals surface area contributed by atoms with Crippen LogP contribution in [0.3, 0.4) is 0 Å². The molecular formula is C20H16Cl2N4O. The van der Waals surface area contributed by atoms with Gasteiger partial charge in [0.1, 0.15) is 23.0 Å². The van der Waals surface area contributed by atoms with Gasteiger partial charge >= 0.3 is 0 Å². The molecule has 7 heteroatoms. The summed E-state index contributed by atoms with van der Waals surface area (Å²) in [6, 6.07) is 16.3. The highest BCUT2D eigenvalue weighted by atomic mass is 35.5. The third kappa shape index (κ3) is 3.47. The molecule has 0 saturated heterocycles. The first-order chi connectivity index (χ1) is 12.4. The molecule has 5 nitrogen and oxygen atoms in total. The lowest BCUT2D eigenvalue weighted by Gasteiger charge is -1.99. The molecule has 3 aromatic heterocycles. The van der Waals surface area contributed by atoms with E-state index in [0.717, 1.165) is 45.1 Å². The van der Waals surface area contributed by atoms with Crippen LogP contribution in [0, 0.1) is 0 Å². The molecule has 0 spiro atoms. The van der Waals surface area contributed by atoms with Crippen molar-refractivity contribution in [1.29, 1.82) is 0 Å². The number of fused-ring (bicyclic) bond motifs is 1. The van der Waals surface area contributed by atoms with E-state index in [4.69, 9.17) is 4.42 Å². The van der Waals surface area contributed by atoms with Crippen molar-refractivity contribution in [2.75, 3.05) is 0 Å². The Morgan fingerprint density at radius 1 is 0.667 bits per heavy atom. The average molecular weight is 399 g/mol. The molecule has 3 heterocycles. The van der Waals surface area contributed by atoms with Crippen LogP contribution >= 0.6 is 24.8 Å². The topological polar surface area (TPSA) is 70.5 Å². The van der Waals surface area contributed by atoms with Gasteiger partial charge in [0.05, 0.1) is 0 Å². The molecule has 0 aliphatic heterocycles. The molecule has 2 N–H and O–H groups in total. The number of nitrogens with one attached hydrogen (secondary N) is 2. The molecule has 0 amide bonds. The number of hydrogen-bond acceptors (Lipinski definition) is 3. The highest BCUT2D eigenvalue weighted by Crippen LogP contribution is 2.31. The zero-order valence-electron chi connectivity index (χ0n) is 14.0. The van der Waals surface area contributed by atoms with Gasteiger partial charge in [0, 0.05) is 46.9 Å². The fraction of sp³-hybridized carbons (Fsp3) is 0. The maximum Gasteiger partial charge on any atom is 0.137 e. The predicted octanol–water partition coefficient (Wildman–Crippen LogP) is 5.72. The van der Waals surface area contributed by atoms with Crippen molar-refractivity contribution >= 4 is 35.8 Å². The number of H-pyrrole nitrogens is 2. The van der Waals surface area contributed by atoms with E-state index >= 15 is 0 Å². The van der Waals surface area contributed by atoms with Gasteiger partial charge in [0.2, 0.25) is 0 Å². The molecule has 136 valence electrons. The Bertz CT molecular complexity index is 1130. The van der Waals surface area contributed by atoms with E-state index in [-0.39, 0.29) is 24.8 Å². The van der Waals surface area contributed by atoms with E-state index in [1.165, 1.54) is 0 Å². The smallest absolute Gasteiger partial charge is 0.137 e. The van der Waals surface area contributed by atoms with Gasteiger partial charge in [-0.2, -0.15) is 0 Å². The number of imidazole rings is 2. The van der Waals surface area contributed by atoms with Crippen molar-refractivity contribution < 1.29 is 4.42 Å². The van der Waals surface area contributed by atoms with Gasteiger partial charge in [-0.15, -0.1) is 24.8 Å². The Balaban J connectivity index is 0.00000105. The Labute approximate surface area is 167 Å². The van der Waals surface area contributed by atoms with Gasteiger partial charge in [0.15, 0.2) is 0 Å². The zero-order valence-corrected chi connectivity index (χ0v) is 15.7. The molecule has 5 aromatic rings. The summed E-state index contributed by atoms with van der Waals surface area (Å²) in [7, 11) is 0. The molecule has 5 rings (SSSR count). The highest BCUT2D eigenvalue weighted by molar-refractivity contribution is 5.86. The molecule has 0 fully saturated rings. The maximum atomic E-state index is 6.00. The number of benzene rings is 2. The van der Waals surface area contributed by atoms with Gasteiger partial charge in [-0.3, -0.25) is 0 Å². The minimum atomic E-state index is 0. The molecule has 0 unspecified atom stereocenters. The van der Waals surface area contributed by atoms with E-state index in [1.807, 2.05) is 48.8 Å². The predicted molar refractivity (Wildman–Crippen MR) is 111 cm³/mol. The number of aromatic nitrogens is 4. The summed E-state index contributed by atoms with van der Waals surface area (Å²) in [6.07, 6.45) is 7.14. The van der Waals surface area contributed by atoms with Gasteiger partial charge in [-0.25, -0.2) is 9.97 Å². The van der Waals surface area contributed by atoms with Crippen LogP contribution in [0.2, 0.25) is 0 Å². The highest BCUT2D eigenvalue weighted by Gasteiger charge is 2.09. The SMILES string of the molecule is Cl.Cl.c1c[nH]c(-c2ccc(-c3cc4cc(-c5ncc[nH]5)ccc4o3)cc2)n1. The van der Waals surface area contributed by atoms with Crippen LogP contribution in [0.4, 0.5) is 0 Å². The Hall–Kier alpha value is -3.02. The number of halogens is 2. The van der Waals surface area contributed by atoms with Crippen LogP contribution in [0.1, 0.15) is 0 Å². The third-order valence-electron chi connectivity index (χ3n) is 4.23. The van der Waals surface area contributed by atoms with Crippen molar-refractivity contribution in [1.82, 2.24) is 19.9 Å². The van der Waals surface area contributed by atoms with Crippen LogP contribution in [0.25, 0.3) is 45.1 Å². The molecular weight excluding hydrogens is 383 g/mol. The van der Waals surface area contributed by atoms with Gasteiger partial charge in [-0.05, 0) is 24.3 Å². The fourth-order valence-electron chi connectivity index (χ4n) is 2.97. The summed E-state index contributed by atoms with van der Waals surface area (Å²) < 4.78 is 6.00. The van der Waals surface area contributed by atoms with E-state index in [9.17, 15) is 0 Å². The standard InChI is InChI=1S/C20H14N4O.2ClH/c1-3-14(19-21-7-8-22-19)4-2-13(1)18-12-16-11-15(5-6-17(16)25-18)20-23-9-10-24-20;;/h1-12H,(H,21,22)(H,23,24);2*1H. The van der Waals surface area contributed by atoms with Crippen molar-refractivity contribution in [3.63, 3.8) is 0 Å². The molecule has 0 atom stereocenters. The van der Waals surface area contributed by atoms with Crippen LogP contribution in [0.5, 0.6) is 0 Å². The van der Waals surface area contributed by atoms with E-state index in [2.05, 4.69) is 32.1 Å². The molecule has 0 saturated carbocycles. The summed E-state index contributed by atoms with van der Waals surface area (Å²) in [6.45, 7) is 0. The summed E-state index contributed by atoms with van der Waals surface area (Å²) in [5, 5.41) is 1.05. The quantitative estimate of drug-likeness (QED) is 0.407. The maximum absolute atomic E-state index is 6.00. The van der Waals surface area contributed by atoms with Crippen molar-refractivity contribution in [3.8, 4) is 34.1 Å². The number of hydrogen-bond donors (Lipinski definition) is 2. The Morgan fingerprint density at radius 2 is 1.26 bits per heavy atom. The first-order valence-corrected chi connectivity index (χ1v) is 8.00. The van der Waals surface area contributed by atoms with Crippen molar-refractivity contribution in [3.05, 3.63) is 73.3 Å². The van der Waals surface area contributed by atoms with E-state index < -0.39 is 0 Å². The summed E-state index contributed by atoms with van der Waals surface area (Å²) in [4.78, 5) is 14.8. The number of aromatic amines is 2. The molecule has 0 aliphatic carbocycles. The lowest BCUT2D eigenvalue weighted by Crippen LogP contribution is -1.80. The summed E-state index contributed by atoms with van der Waals surface area (Å²) >= 11 is 0. The minimum absolute atomic E-state index is 0. The lowest BCUT2D eigenvalue weighted by molar-refractivity contribution is 0.631. The van der Waals surface area contributed by atoms with Crippen LogP contribution in [-0.2, 0) is 0 Å². The van der Waals surface area contributed by atoms with E-state index in [0.29, 0.717) is 0 Å². The number of nitrogens with zero attached hydrogens (tertiary/aromatic N) is 2. The van der Waals surface area contributed by atoms with Crippen molar-refractivity contribution in [2.45, 2.75) is 0 Å². The molecule has 0 radical (unpaired) electrons. The first-order valence-electron chi connectivity index (χ1n) is 8.00. The average Bonchev–Trinajstić information content (AvgIpc) is 3.42. The first kappa shape index (κ1) is 18.8. The second-order valence-electron chi connectivity index (χ2n) is 5.82. The number of rotatable bonds is 3. The molecule has 27 heavy (non-hydrogen) atoms. The van der Waals surface area contributed by atoms with Crippen LogP contribution in [0.15, 0.2) is 77.7 Å². The van der Waals surface area contributed by atoms with Crippen molar-refractivity contribution in [2.24, 2.45) is 0 Å². The second-order valence-corrected chi connectivity index (χ2v) is 5.82. The zero-order chi connectivity index (χ0) is 16.6. The lowest BCUT2D eigenvalue weighted by atomic mass is 10.1. The van der Waals surface area contributed by atoms with Gasteiger partial charge in [0.25, 0.3) is 0 Å².